The van der Waals surface area contributed by atoms with E-state index < -0.39 is 5.82 Å². The highest BCUT2D eigenvalue weighted by Crippen LogP contribution is 2.34. The molecular formula is C14H17FO2. The van der Waals surface area contributed by atoms with Crippen LogP contribution in [0.1, 0.15) is 36.5 Å². The van der Waals surface area contributed by atoms with E-state index in [1.165, 1.54) is 19.2 Å². The molecule has 1 saturated carbocycles. The van der Waals surface area contributed by atoms with Gasteiger partial charge >= 0.3 is 0 Å². The third-order valence-corrected chi connectivity index (χ3v) is 3.64. The second kappa shape index (κ2) is 4.86. The van der Waals surface area contributed by atoms with E-state index in [0.29, 0.717) is 11.7 Å². The van der Waals surface area contributed by atoms with Crippen LogP contribution in [0.15, 0.2) is 18.2 Å². The predicted octanol–water partition coefficient (Wildman–Crippen LogP) is 3.45. The van der Waals surface area contributed by atoms with Crippen LogP contribution < -0.4 is 4.74 Å². The maximum Gasteiger partial charge on any atom is 0.169 e. The van der Waals surface area contributed by atoms with Gasteiger partial charge in [-0.05, 0) is 30.9 Å². The number of Topliss-reactive ketones (excluding diaryl/α,β-unsaturated/α-hetero) is 1. The Balaban J connectivity index is 2.25. The van der Waals surface area contributed by atoms with E-state index in [9.17, 15) is 9.18 Å². The summed E-state index contributed by atoms with van der Waals surface area (Å²) < 4.78 is 18.7. The van der Waals surface area contributed by atoms with Crippen molar-refractivity contribution < 1.29 is 13.9 Å². The Hall–Kier alpha value is -1.38. The van der Waals surface area contributed by atoms with Crippen LogP contribution in [0.3, 0.4) is 0 Å². The van der Waals surface area contributed by atoms with Crippen LogP contribution in [0, 0.1) is 17.7 Å². The van der Waals surface area contributed by atoms with Gasteiger partial charge in [0.05, 0.1) is 12.7 Å². The van der Waals surface area contributed by atoms with E-state index in [1.54, 1.807) is 6.07 Å². The zero-order valence-corrected chi connectivity index (χ0v) is 10.2. The number of carbonyl (C=O) groups excluding carboxylic acids is 1. The van der Waals surface area contributed by atoms with Gasteiger partial charge in [0, 0.05) is 12.0 Å². The molecule has 2 rings (SSSR count). The Morgan fingerprint density at radius 1 is 1.41 bits per heavy atom. The molecule has 0 aromatic heterocycles. The molecule has 17 heavy (non-hydrogen) atoms. The lowest BCUT2D eigenvalue weighted by Gasteiger charge is -2.14. The summed E-state index contributed by atoms with van der Waals surface area (Å²) in [4.78, 5) is 12.2. The summed E-state index contributed by atoms with van der Waals surface area (Å²) in [6.07, 6.45) is 3.01. The maximum atomic E-state index is 13.8. The Morgan fingerprint density at radius 3 is 2.71 bits per heavy atom. The zero-order valence-electron chi connectivity index (χ0n) is 10.2. The van der Waals surface area contributed by atoms with Gasteiger partial charge in [-0.3, -0.25) is 4.79 Å². The molecule has 0 bridgehead atoms. The molecule has 0 N–H and O–H groups in total. The normalized spacial score (nSPS) is 23.7. The van der Waals surface area contributed by atoms with Gasteiger partial charge in [-0.2, -0.15) is 0 Å². The molecule has 0 heterocycles. The molecule has 0 spiro atoms. The van der Waals surface area contributed by atoms with Crippen molar-refractivity contribution in [3.8, 4) is 5.75 Å². The minimum absolute atomic E-state index is 0.0158. The number of benzene rings is 1. The van der Waals surface area contributed by atoms with Crippen LogP contribution in [0.2, 0.25) is 0 Å². The summed E-state index contributed by atoms with van der Waals surface area (Å²) in [6.45, 7) is 2.07. The van der Waals surface area contributed by atoms with E-state index >= 15 is 0 Å². The van der Waals surface area contributed by atoms with Crippen molar-refractivity contribution in [2.75, 3.05) is 7.11 Å². The molecule has 2 nitrogen and oxygen atoms in total. The molecular weight excluding hydrogens is 219 g/mol. The highest BCUT2D eigenvalue weighted by atomic mass is 19.1. The molecule has 0 aliphatic heterocycles. The number of carbonyl (C=O) groups is 1. The smallest absolute Gasteiger partial charge is 0.169 e. The fraction of sp³-hybridized carbons (Fsp3) is 0.500. The van der Waals surface area contributed by atoms with E-state index in [-0.39, 0.29) is 17.3 Å². The minimum atomic E-state index is -0.478. The second-order valence-corrected chi connectivity index (χ2v) is 4.72. The van der Waals surface area contributed by atoms with Gasteiger partial charge in [-0.15, -0.1) is 0 Å². The summed E-state index contributed by atoms with van der Waals surface area (Å²) >= 11 is 0. The number of methoxy groups -OCH3 is 1. The summed E-state index contributed by atoms with van der Waals surface area (Å²) in [5, 5.41) is 0. The van der Waals surface area contributed by atoms with Crippen molar-refractivity contribution in [2.45, 2.75) is 26.2 Å². The molecule has 2 atom stereocenters. The van der Waals surface area contributed by atoms with Crippen LogP contribution in [-0.2, 0) is 0 Å². The quantitative estimate of drug-likeness (QED) is 0.751. The number of halogens is 1. The topological polar surface area (TPSA) is 26.3 Å². The molecule has 1 aliphatic rings. The van der Waals surface area contributed by atoms with Gasteiger partial charge in [-0.25, -0.2) is 4.39 Å². The fourth-order valence-corrected chi connectivity index (χ4v) is 2.56. The third kappa shape index (κ3) is 2.33. The molecule has 92 valence electrons. The van der Waals surface area contributed by atoms with Gasteiger partial charge in [0.2, 0.25) is 0 Å². The standard InChI is InChI=1S/C14H17FO2/c1-9-4-3-5-11(9)14(16)12-7-6-10(17-2)8-13(12)15/h6-9,11H,3-5H2,1-2H3. The van der Waals surface area contributed by atoms with Crippen LogP contribution in [0.25, 0.3) is 0 Å². The summed E-state index contributed by atoms with van der Waals surface area (Å²) in [5.74, 6) is 0.254. The van der Waals surface area contributed by atoms with Crippen LogP contribution >= 0.6 is 0 Å². The van der Waals surface area contributed by atoms with Gasteiger partial charge in [-0.1, -0.05) is 13.3 Å². The number of hydrogen-bond acceptors (Lipinski definition) is 2. The molecule has 1 fully saturated rings. The Kier molecular flexibility index (Phi) is 3.46. The van der Waals surface area contributed by atoms with Crippen LogP contribution in [-0.4, -0.2) is 12.9 Å². The molecule has 0 saturated heterocycles. The first-order chi connectivity index (χ1) is 8.13. The zero-order chi connectivity index (χ0) is 12.4. The van der Waals surface area contributed by atoms with Crippen molar-refractivity contribution >= 4 is 5.78 Å². The molecule has 1 aromatic rings. The lowest BCUT2D eigenvalue weighted by Crippen LogP contribution is -2.18. The molecule has 2 unspecified atom stereocenters. The third-order valence-electron chi connectivity index (χ3n) is 3.64. The first kappa shape index (κ1) is 12.1. The monoisotopic (exact) mass is 236 g/mol. The van der Waals surface area contributed by atoms with Crippen LogP contribution in [0.5, 0.6) is 5.75 Å². The Morgan fingerprint density at radius 2 is 2.18 bits per heavy atom. The van der Waals surface area contributed by atoms with Gasteiger partial charge in [0.15, 0.2) is 5.78 Å². The number of ketones is 1. The Labute approximate surface area is 101 Å². The summed E-state index contributed by atoms with van der Waals surface area (Å²) in [5.41, 5.74) is 0.199. The van der Waals surface area contributed by atoms with Crippen molar-refractivity contribution in [3.63, 3.8) is 0 Å². The van der Waals surface area contributed by atoms with Crippen molar-refractivity contribution in [3.05, 3.63) is 29.6 Å². The van der Waals surface area contributed by atoms with Crippen molar-refractivity contribution in [2.24, 2.45) is 11.8 Å². The van der Waals surface area contributed by atoms with E-state index in [4.69, 9.17) is 4.74 Å². The molecule has 3 heteroatoms. The highest BCUT2D eigenvalue weighted by molar-refractivity contribution is 5.98. The second-order valence-electron chi connectivity index (χ2n) is 4.72. The predicted molar refractivity (Wildman–Crippen MR) is 63.8 cm³/mol. The number of rotatable bonds is 3. The number of hydrogen-bond donors (Lipinski definition) is 0. The van der Waals surface area contributed by atoms with Gasteiger partial charge < -0.3 is 4.74 Å². The highest BCUT2D eigenvalue weighted by Gasteiger charge is 2.31. The van der Waals surface area contributed by atoms with Gasteiger partial charge in [0.1, 0.15) is 11.6 Å². The average molecular weight is 236 g/mol. The SMILES string of the molecule is COc1ccc(C(=O)C2CCCC2C)c(F)c1. The van der Waals surface area contributed by atoms with E-state index in [1.807, 2.05) is 0 Å². The molecule has 1 aliphatic carbocycles. The van der Waals surface area contributed by atoms with Crippen LogP contribution in [0.4, 0.5) is 4.39 Å². The van der Waals surface area contributed by atoms with E-state index in [0.717, 1.165) is 19.3 Å². The first-order valence-electron chi connectivity index (χ1n) is 6.01. The van der Waals surface area contributed by atoms with Gasteiger partial charge in [0.25, 0.3) is 0 Å². The Bertz CT molecular complexity index is 428. The summed E-state index contributed by atoms with van der Waals surface area (Å²) in [7, 11) is 1.48. The molecule has 1 aromatic carbocycles. The summed E-state index contributed by atoms with van der Waals surface area (Å²) in [6, 6.07) is 4.43. The molecule has 0 amide bonds. The maximum absolute atomic E-state index is 13.8. The number of ether oxygens (including phenoxy) is 1. The average Bonchev–Trinajstić information content (AvgIpc) is 2.74. The minimum Gasteiger partial charge on any atom is -0.497 e. The van der Waals surface area contributed by atoms with Crippen molar-refractivity contribution in [1.29, 1.82) is 0 Å². The molecule has 0 radical (unpaired) electrons. The van der Waals surface area contributed by atoms with Crippen molar-refractivity contribution in [1.82, 2.24) is 0 Å². The lowest BCUT2D eigenvalue weighted by atomic mass is 9.89. The lowest BCUT2D eigenvalue weighted by molar-refractivity contribution is 0.0893. The first-order valence-corrected chi connectivity index (χ1v) is 6.01. The van der Waals surface area contributed by atoms with E-state index in [2.05, 4.69) is 6.92 Å². The largest absolute Gasteiger partial charge is 0.497 e. The fourth-order valence-electron chi connectivity index (χ4n) is 2.56.